The van der Waals surface area contributed by atoms with Gasteiger partial charge in [0.2, 0.25) is 0 Å². The minimum atomic E-state index is -1.000. The Kier molecular flexibility index (Phi) is 5.16. The smallest absolute Gasteiger partial charge is 0.352 e. The number of aromatic nitrogens is 1. The van der Waals surface area contributed by atoms with Crippen molar-refractivity contribution in [3.63, 3.8) is 0 Å². The summed E-state index contributed by atoms with van der Waals surface area (Å²) in [6.45, 7) is 3.09. The van der Waals surface area contributed by atoms with Crippen LogP contribution in [0.3, 0.4) is 0 Å². The third kappa shape index (κ3) is 3.28. The Balaban J connectivity index is 2.45. The fourth-order valence-corrected chi connectivity index (χ4v) is 2.45. The van der Waals surface area contributed by atoms with Gasteiger partial charge in [-0.3, -0.25) is 4.79 Å². The highest BCUT2D eigenvalue weighted by Crippen LogP contribution is 2.25. The highest BCUT2D eigenvalue weighted by molar-refractivity contribution is 6.02. The van der Waals surface area contributed by atoms with Crippen LogP contribution in [0.1, 0.15) is 46.2 Å². The van der Waals surface area contributed by atoms with Crippen molar-refractivity contribution >= 4 is 22.8 Å². The number of aromatic carboxylic acids is 1. The summed E-state index contributed by atoms with van der Waals surface area (Å²) in [4.78, 5) is 26.3. The lowest BCUT2D eigenvalue weighted by Gasteiger charge is -2.05. The first-order valence-electron chi connectivity index (χ1n) is 7.44. The molecule has 0 aliphatic rings. The Morgan fingerprint density at radius 1 is 1.36 bits per heavy atom. The molecule has 0 saturated heterocycles. The van der Waals surface area contributed by atoms with Gasteiger partial charge in [-0.25, -0.2) is 4.79 Å². The van der Waals surface area contributed by atoms with Crippen molar-refractivity contribution in [2.24, 2.45) is 5.73 Å². The molecule has 1 heterocycles. The van der Waals surface area contributed by atoms with Crippen molar-refractivity contribution in [3.05, 3.63) is 35.0 Å². The zero-order chi connectivity index (χ0) is 16.1. The number of benzene rings is 1. The summed E-state index contributed by atoms with van der Waals surface area (Å²) in [6.07, 6.45) is 2.13. The molecule has 0 fully saturated rings. The number of carboxylic acids is 1. The summed E-state index contributed by atoms with van der Waals surface area (Å²) < 4.78 is 0. The molecule has 6 heteroatoms. The van der Waals surface area contributed by atoms with Crippen molar-refractivity contribution in [1.82, 2.24) is 10.3 Å². The molecule has 0 unspecified atom stereocenters. The normalized spacial score (nSPS) is 10.8. The van der Waals surface area contributed by atoms with Gasteiger partial charge in [0.15, 0.2) is 0 Å². The van der Waals surface area contributed by atoms with E-state index in [2.05, 4.69) is 10.3 Å². The van der Waals surface area contributed by atoms with Crippen LogP contribution < -0.4 is 11.1 Å². The molecule has 2 rings (SSSR count). The van der Waals surface area contributed by atoms with E-state index in [1.165, 1.54) is 0 Å². The number of nitrogens with two attached hydrogens (primary N) is 1. The topological polar surface area (TPSA) is 108 Å². The van der Waals surface area contributed by atoms with Gasteiger partial charge in [0.05, 0.1) is 0 Å². The molecule has 22 heavy (non-hydrogen) atoms. The van der Waals surface area contributed by atoms with Crippen LogP contribution in [0, 0.1) is 0 Å². The summed E-state index contributed by atoms with van der Waals surface area (Å²) in [7, 11) is 0. The molecule has 118 valence electrons. The van der Waals surface area contributed by atoms with Crippen LogP contribution in [0.5, 0.6) is 0 Å². The Hall–Kier alpha value is -2.34. The second kappa shape index (κ2) is 7.09. The summed E-state index contributed by atoms with van der Waals surface area (Å²) in [5.41, 5.74) is 7.66. The molecule has 0 aliphatic heterocycles. The van der Waals surface area contributed by atoms with E-state index >= 15 is 0 Å². The molecule has 1 aromatic carbocycles. The van der Waals surface area contributed by atoms with E-state index in [-0.39, 0.29) is 11.6 Å². The Morgan fingerprint density at radius 3 is 2.77 bits per heavy atom. The van der Waals surface area contributed by atoms with Crippen molar-refractivity contribution in [2.75, 3.05) is 13.1 Å². The fourth-order valence-electron chi connectivity index (χ4n) is 2.45. The van der Waals surface area contributed by atoms with Gasteiger partial charge >= 0.3 is 5.97 Å². The van der Waals surface area contributed by atoms with Gasteiger partial charge < -0.3 is 21.1 Å². The number of carboxylic acid groups (broad SMARTS) is 1. The maximum absolute atomic E-state index is 12.1. The molecular weight excluding hydrogens is 282 g/mol. The summed E-state index contributed by atoms with van der Waals surface area (Å²) in [5, 5.41) is 12.9. The number of carbonyl (C=O) groups excluding carboxylic acids is 1. The Bertz CT molecular complexity index is 691. The van der Waals surface area contributed by atoms with Gasteiger partial charge in [0, 0.05) is 23.0 Å². The second-order valence-corrected chi connectivity index (χ2v) is 5.19. The predicted octanol–water partition coefficient (Wildman–Crippen LogP) is 1.90. The lowest BCUT2D eigenvalue weighted by Crippen LogP contribution is -2.23. The van der Waals surface area contributed by atoms with E-state index in [4.69, 9.17) is 5.73 Å². The van der Waals surface area contributed by atoms with Crippen LogP contribution >= 0.6 is 0 Å². The molecule has 0 radical (unpaired) electrons. The van der Waals surface area contributed by atoms with Crippen LogP contribution in [-0.2, 0) is 6.42 Å². The van der Waals surface area contributed by atoms with Crippen molar-refractivity contribution in [1.29, 1.82) is 0 Å². The second-order valence-electron chi connectivity index (χ2n) is 5.19. The van der Waals surface area contributed by atoms with E-state index in [9.17, 15) is 14.7 Å². The number of hydrogen-bond donors (Lipinski definition) is 4. The van der Waals surface area contributed by atoms with Gasteiger partial charge in [0.25, 0.3) is 5.91 Å². The van der Waals surface area contributed by atoms with E-state index in [0.717, 1.165) is 17.3 Å². The number of hydrogen-bond acceptors (Lipinski definition) is 3. The minimum Gasteiger partial charge on any atom is -0.477 e. The number of rotatable bonds is 7. The maximum atomic E-state index is 12.1. The van der Waals surface area contributed by atoms with Crippen LogP contribution in [0.2, 0.25) is 0 Å². The molecule has 6 nitrogen and oxygen atoms in total. The first-order chi connectivity index (χ1) is 10.6. The molecule has 0 bridgehead atoms. The average molecular weight is 303 g/mol. The zero-order valence-electron chi connectivity index (χ0n) is 12.6. The fraction of sp³-hybridized carbons (Fsp3) is 0.375. The van der Waals surface area contributed by atoms with Crippen LogP contribution in [0.25, 0.3) is 10.9 Å². The molecule has 1 amide bonds. The average Bonchev–Trinajstić information content (AvgIpc) is 2.88. The minimum absolute atomic E-state index is 0.147. The van der Waals surface area contributed by atoms with Crippen LogP contribution in [0.4, 0.5) is 0 Å². The molecule has 0 aliphatic carbocycles. The molecule has 1 aromatic heterocycles. The van der Waals surface area contributed by atoms with Gasteiger partial charge in [-0.05, 0) is 49.6 Å². The lowest BCUT2D eigenvalue weighted by atomic mass is 10.0. The monoisotopic (exact) mass is 303 g/mol. The number of amides is 1. The maximum Gasteiger partial charge on any atom is 0.352 e. The number of H-pyrrole nitrogens is 1. The third-order valence-electron chi connectivity index (χ3n) is 3.55. The summed E-state index contributed by atoms with van der Waals surface area (Å²) in [6, 6.07) is 5.19. The molecule has 0 spiro atoms. The summed E-state index contributed by atoms with van der Waals surface area (Å²) >= 11 is 0. The van der Waals surface area contributed by atoms with E-state index < -0.39 is 5.97 Å². The van der Waals surface area contributed by atoms with Crippen molar-refractivity contribution < 1.29 is 14.7 Å². The molecule has 2 aromatic rings. The first kappa shape index (κ1) is 16.0. The number of carbonyl (C=O) groups is 2. The van der Waals surface area contributed by atoms with E-state index in [0.29, 0.717) is 37.1 Å². The number of aromatic amines is 1. The van der Waals surface area contributed by atoms with Crippen LogP contribution in [-0.4, -0.2) is 35.1 Å². The number of aryl methyl sites for hydroxylation is 1. The standard InChI is InChI=1S/C16H21N3O3/c1-2-8-18-15(20)10-5-6-13-12(9-10)11(4-3-7-17)14(19-13)16(21)22/h5-6,9,19H,2-4,7-8,17H2,1H3,(H,18,20)(H,21,22). The van der Waals surface area contributed by atoms with Crippen molar-refractivity contribution in [3.8, 4) is 0 Å². The van der Waals surface area contributed by atoms with E-state index in [1.807, 2.05) is 6.92 Å². The zero-order valence-corrected chi connectivity index (χ0v) is 12.6. The molecule has 5 N–H and O–H groups in total. The lowest BCUT2D eigenvalue weighted by molar-refractivity contribution is 0.0690. The predicted molar refractivity (Wildman–Crippen MR) is 85.3 cm³/mol. The highest BCUT2D eigenvalue weighted by Gasteiger charge is 2.18. The Morgan fingerprint density at radius 2 is 2.14 bits per heavy atom. The molecule has 0 saturated carbocycles. The quantitative estimate of drug-likeness (QED) is 0.626. The number of nitrogens with one attached hydrogen (secondary N) is 2. The SMILES string of the molecule is CCCNC(=O)c1ccc2[nH]c(C(=O)O)c(CCCN)c2c1. The van der Waals surface area contributed by atoms with Gasteiger partial charge in [-0.15, -0.1) is 0 Å². The molecule has 0 atom stereocenters. The number of fused-ring (bicyclic) bond motifs is 1. The Labute approximate surface area is 128 Å². The largest absolute Gasteiger partial charge is 0.477 e. The summed E-state index contributed by atoms with van der Waals surface area (Å²) in [5.74, 6) is -1.15. The first-order valence-corrected chi connectivity index (χ1v) is 7.44. The van der Waals surface area contributed by atoms with Crippen LogP contribution in [0.15, 0.2) is 18.2 Å². The highest BCUT2D eigenvalue weighted by atomic mass is 16.4. The van der Waals surface area contributed by atoms with Crippen molar-refractivity contribution in [2.45, 2.75) is 26.2 Å². The third-order valence-corrected chi connectivity index (χ3v) is 3.55. The van der Waals surface area contributed by atoms with Gasteiger partial charge in [0.1, 0.15) is 5.69 Å². The van der Waals surface area contributed by atoms with E-state index in [1.54, 1.807) is 18.2 Å². The van der Waals surface area contributed by atoms with Gasteiger partial charge in [-0.2, -0.15) is 0 Å². The van der Waals surface area contributed by atoms with Gasteiger partial charge in [-0.1, -0.05) is 6.92 Å². The molecular formula is C16H21N3O3.